The maximum absolute atomic E-state index is 5.82. The summed E-state index contributed by atoms with van der Waals surface area (Å²) in [5, 5.41) is 3.11. The summed E-state index contributed by atoms with van der Waals surface area (Å²) in [7, 11) is 2.10. The number of guanidine groups is 1. The van der Waals surface area contributed by atoms with Crippen molar-refractivity contribution in [3.05, 3.63) is 0 Å². The average molecular weight is 384 g/mol. The molecule has 0 amide bonds. The number of hydrogen-bond acceptors (Lipinski definition) is 4. The Kier molecular flexibility index (Phi) is 7.96. The third-order valence-electron chi connectivity index (χ3n) is 3.34. The lowest BCUT2D eigenvalue weighted by Crippen LogP contribution is -2.42. The summed E-state index contributed by atoms with van der Waals surface area (Å²) in [6, 6.07) is 0. The predicted octanol–water partition coefficient (Wildman–Crippen LogP) is 0.0183. The third kappa shape index (κ3) is 6.24. The average Bonchev–Trinajstić information content (AvgIpc) is 2.87. The molecule has 19 heavy (non-hydrogen) atoms. The Bertz CT molecular complexity index is 285. The van der Waals surface area contributed by atoms with E-state index in [4.69, 9.17) is 15.2 Å². The van der Waals surface area contributed by atoms with Crippen LogP contribution in [0, 0.1) is 0 Å². The van der Waals surface area contributed by atoms with Gasteiger partial charge in [0.2, 0.25) is 0 Å². The van der Waals surface area contributed by atoms with Gasteiger partial charge >= 0.3 is 0 Å². The molecule has 6 nitrogen and oxygen atoms in total. The van der Waals surface area contributed by atoms with Gasteiger partial charge in [-0.2, -0.15) is 0 Å². The van der Waals surface area contributed by atoms with E-state index >= 15 is 0 Å². The number of halogens is 1. The molecule has 2 saturated heterocycles. The Balaban J connectivity index is 0.00000180. The van der Waals surface area contributed by atoms with Crippen LogP contribution in [0.5, 0.6) is 0 Å². The zero-order chi connectivity index (χ0) is 12.8. The Hall–Kier alpha value is -0.120. The first-order valence-electron chi connectivity index (χ1n) is 6.69. The van der Waals surface area contributed by atoms with Gasteiger partial charge in [-0.1, -0.05) is 0 Å². The lowest BCUT2D eigenvalue weighted by Gasteiger charge is -2.29. The molecule has 2 fully saturated rings. The van der Waals surface area contributed by atoms with Crippen molar-refractivity contribution in [3.8, 4) is 0 Å². The van der Waals surface area contributed by atoms with E-state index in [0.29, 0.717) is 12.5 Å². The fourth-order valence-corrected chi connectivity index (χ4v) is 2.26. The molecule has 2 unspecified atom stereocenters. The standard InChI is InChI=1S/C12H24N4O2.HI/c1-16-4-6-18-11(9-16)8-15-12(13)14-7-10-3-2-5-17-10;/h10-11H,2-9H2,1H3,(H3,13,14,15);1H. The number of likely N-dealkylation sites (N-methyl/N-ethyl adjacent to an activating group) is 1. The number of nitrogens with one attached hydrogen (secondary N) is 1. The van der Waals surface area contributed by atoms with Crippen LogP contribution in [0.4, 0.5) is 0 Å². The van der Waals surface area contributed by atoms with Crippen molar-refractivity contribution in [2.75, 3.05) is 46.4 Å². The SMILES string of the molecule is CN1CCOC(CN=C(N)NCC2CCCO2)C1.I. The third-order valence-corrected chi connectivity index (χ3v) is 3.34. The van der Waals surface area contributed by atoms with Crippen molar-refractivity contribution < 1.29 is 9.47 Å². The van der Waals surface area contributed by atoms with Gasteiger partial charge in [0.1, 0.15) is 0 Å². The van der Waals surface area contributed by atoms with Crippen LogP contribution in [-0.4, -0.2) is 69.5 Å². The maximum Gasteiger partial charge on any atom is 0.188 e. The maximum atomic E-state index is 5.82. The van der Waals surface area contributed by atoms with Gasteiger partial charge in [-0.15, -0.1) is 24.0 Å². The summed E-state index contributed by atoms with van der Waals surface area (Å²) >= 11 is 0. The number of morpholine rings is 1. The highest BCUT2D eigenvalue weighted by Crippen LogP contribution is 2.10. The predicted molar refractivity (Wildman–Crippen MR) is 86.1 cm³/mol. The molecule has 2 rings (SSSR count). The summed E-state index contributed by atoms with van der Waals surface area (Å²) in [6.45, 7) is 4.93. The highest BCUT2D eigenvalue weighted by atomic mass is 127. The highest BCUT2D eigenvalue weighted by Gasteiger charge is 2.17. The molecule has 0 aromatic carbocycles. The molecule has 0 aliphatic carbocycles. The summed E-state index contributed by atoms with van der Waals surface area (Å²) < 4.78 is 11.1. The van der Waals surface area contributed by atoms with Crippen LogP contribution in [0.15, 0.2) is 4.99 Å². The molecule has 0 radical (unpaired) electrons. The van der Waals surface area contributed by atoms with Crippen LogP contribution in [0.1, 0.15) is 12.8 Å². The smallest absolute Gasteiger partial charge is 0.188 e. The van der Waals surface area contributed by atoms with E-state index in [0.717, 1.165) is 45.7 Å². The first-order valence-corrected chi connectivity index (χ1v) is 6.69. The van der Waals surface area contributed by atoms with E-state index in [1.807, 2.05) is 0 Å². The molecule has 0 saturated carbocycles. The molecule has 0 bridgehead atoms. The van der Waals surface area contributed by atoms with Gasteiger partial charge in [0.05, 0.1) is 25.4 Å². The van der Waals surface area contributed by atoms with E-state index in [-0.39, 0.29) is 36.2 Å². The molecule has 112 valence electrons. The number of nitrogens with two attached hydrogens (primary N) is 1. The number of aliphatic imine (C=N–C) groups is 1. The minimum atomic E-state index is 0. The van der Waals surface area contributed by atoms with E-state index < -0.39 is 0 Å². The van der Waals surface area contributed by atoms with Crippen LogP contribution in [-0.2, 0) is 9.47 Å². The fourth-order valence-electron chi connectivity index (χ4n) is 2.26. The quantitative estimate of drug-likeness (QED) is 0.406. The van der Waals surface area contributed by atoms with Crippen molar-refractivity contribution in [2.24, 2.45) is 10.7 Å². The molecule has 2 aliphatic heterocycles. The molecule has 2 heterocycles. The second kappa shape index (κ2) is 8.93. The van der Waals surface area contributed by atoms with Gasteiger partial charge in [0, 0.05) is 26.2 Å². The summed E-state index contributed by atoms with van der Waals surface area (Å²) in [5.41, 5.74) is 5.82. The van der Waals surface area contributed by atoms with Gasteiger partial charge in [-0.25, -0.2) is 0 Å². The second-order valence-corrected chi connectivity index (χ2v) is 5.00. The first kappa shape index (κ1) is 16.9. The Morgan fingerprint density at radius 3 is 2.84 bits per heavy atom. The van der Waals surface area contributed by atoms with Crippen LogP contribution in [0.2, 0.25) is 0 Å². The number of hydrogen-bond donors (Lipinski definition) is 2. The fraction of sp³-hybridized carbons (Fsp3) is 0.917. The van der Waals surface area contributed by atoms with E-state index in [1.165, 1.54) is 0 Å². The first-order chi connectivity index (χ1) is 8.74. The Morgan fingerprint density at radius 1 is 1.37 bits per heavy atom. The van der Waals surface area contributed by atoms with Gasteiger partial charge in [0.15, 0.2) is 5.96 Å². The van der Waals surface area contributed by atoms with Crippen molar-refractivity contribution in [2.45, 2.75) is 25.0 Å². The molecular formula is C12H25IN4O2. The highest BCUT2D eigenvalue weighted by molar-refractivity contribution is 14.0. The lowest BCUT2D eigenvalue weighted by molar-refractivity contribution is -0.0136. The van der Waals surface area contributed by atoms with Gasteiger partial charge in [-0.3, -0.25) is 4.99 Å². The number of ether oxygens (including phenoxy) is 2. The normalized spacial score (nSPS) is 29.0. The van der Waals surface area contributed by atoms with Crippen molar-refractivity contribution in [3.63, 3.8) is 0 Å². The van der Waals surface area contributed by atoms with Crippen molar-refractivity contribution in [1.82, 2.24) is 10.2 Å². The largest absolute Gasteiger partial charge is 0.376 e. The summed E-state index contributed by atoms with van der Waals surface area (Å²) in [5.74, 6) is 0.488. The molecule has 3 N–H and O–H groups in total. The number of nitrogens with zero attached hydrogens (tertiary/aromatic N) is 2. The van der Waals surface area contributed by atoms with Gasteiger partial charge < -0.3 is 25.4 Å². The zero-order valence-corrected chi connectivity index (χ0v) is 13.8. The monoisotopic (exact) mass is 384 g/mol. The van der Waals surface area contributed by atoms with Crippen LogP contribution >= 0.6 is 24.0 Å². The lowest BCUT2D eigenvalue weighted by atomic mass is 10.2. The molecule has 2 atom stereocenters. The van der Waals surface area contributed by atoms with E-state index in [1.54, 1.807) is 0 Å². The molecule has 2 aliphatic rings. The molecule has 0 spiro atoms. The number of rotatable bonds is 4. The van der Waals surface area contributed by atoms with Crippen molar-refractivity contribution in [1.29, 1.82) is 0 Å². The van der Waals surface area contributed by atoms with Gasteiger partial charge in [-0.05, 0) is 19.9 Å². The summed E-state index contributed by atoms with van der Waals surface area (Å²) in [4.78, 5) is 6.57. The van der Waals surface area contributed by atoms with Crippen molar-refractivity contribution >= 4 is 29.9 Å². The molecule has 7 heteroatoms. The minimum absolute atomic E-state index is 0. The van der Waals surface area contributed by atoms with Gasteiger partial charge in [0.25, 0.3) is 0 Å². The zero-order valence-electron chi connectivity index (χ0n) is 11.5. The van der Waals surface area contributed by atoms with Crippen LogP contribution in [0.3, 0.4) is 0 Å². The second-order valence-electron chi connectivity index (χ2n) is 5.00. The Labute approximate surface area is 132 Å². The Morgan fingerprint density at radius 2 is 2.16 bits per heavy atom. The van der Waals surface area contributed by atoms with Crippen LogP contribution in [0.25, 0.3) is 0 Å². The summed E-state index contributed by atoms with van der Waals surface area (Å²) in [6.07, 6.45) is 2.70. The molecular weight excluding hydrogens is 359 g/mol. The topological polar surface area (TPSA) is 72.1 Å². The molecule has 0 aromatic heterocycles. The van der Waals surface area contributed by atoms with Crippen LogP contribution < -0.4 is 11.1 Å². The molecule has 0 aromatic rings. The minimum Gasteiger partial charge on any atom is -0.376 e. The van der Waals surface area contributed by atoms with E-state index in [9.17, 15) is 0 Å². The van der Waals surface area contributed by atoms with E-state index in [2.05, 4.69) is 22.3 Å².